The number of benzene rings is 3. The number of thioether (sulfide) groups is 1. The Hall–Kier alpha value is -3.91. The Morgan fingerprint density at radius 3 is 2.59 bits per heavy atom. The lowest BCUT2D eigenvalue weighted by molar-refractivity contribution is -0.116. The Morgan fingerprint density at radius 1 is 0.973 bits per heavy atom. The fourth-order valence-electron chi connectivity index (χ4n) is 4.70. The van der Waals surface area contributed by atoms with Crippen molar-refractivity contribution in [1.29, 1.82) is 0 Å². The molecule has 7 nitrogen and oxygen atoms in total. The molecule has 190 valence electrons. The molecule has 0 aliphatic carbocycles. The molecule has 4 aromatic rings. The number of amides is 2. The highest BCUT2D eigenvalue weighted by molar-refractivity contribution is 8.00. The first kappa shape index (κ1) is 24.8. The van der Waals surface area contributed by atoms with Gasteiger partial charge in [-0.3, -0.25) is 9.59 Å². The zero-order valence-corrected chi connectivity index (χ0v) is 21.7. The molecule has 1 aliphatic rings. The number of nitrogens with one attached hydrogen (secondary N) is 1. The highest BCUT2D eigenvalue weighted by Crippen LogP contribution is 2.32. The fourth-order valence-corrected chi connectivity index (χ4v) is 5.66. The van der Waals surface area contributed by atoms with E-state index in [9.17, 15) is 9.59 Å². The molecule has 2 amide bonds. The van der Waals surface area contributed by atoms with Gasteiger partial charge < -0.3 is 24.3 Å². The average molecular weight is 516 g/mol. The third-order valence-electron chi connectivity index (χ3n) is 6.58. The van der Waals surface area contributed by atoms with Gasteiger partial charge >= 0.3 is 0 Å². The Morgan fingerprint density at radius 2 is 1.76 bits per heavy atom. The van der Waals surface area contributed by atoms with Crippen molar-refractivity contribution >= 4 is 40.2 Å². The molecule has 0 spiro atoms. The Labute approximate surface area is 220 Å². The van der Waals surface area contributed by atoms with Crippen molar-refractivity contribution in [2.24, 2.45) is 0 Å². The number of aromatic nitrogens is 1. The zero-order chi connectivity index (χ0) is 25.8. The topological polar surface area (TPSA) is 72.8 Å². The van der Waals surface area contributed by atoms with E-state index in [1.165, 1.54) is 5.56 Å². The van der Waals surface area contributed by atoms with E-state index in [1.807, 2.05) is 35.2 Å². The van der Waals surface area contributed by atoms with Crippen molar-refractivity contribution in [1.82, 2.24) is 9.88 Å². The van der Waals surface area contributed by atoms with Gasteiger partial charge in [-0.15, -0.1) is 11.8 Å². The summed E-state index contributed by atoms with van der Waals surface area (Å²) in [4.78, 5) is 28.7. The lowest BCUT2D eigenvalue weighted by atomic mass is 10.2. The van der Waals surface area contributed by atoms with Gasteiger partial charge in [0, 0.05) is 52.9 Å². The van der Waals surface area contributed by atoms with Gasteiger partial charge in [-0.2, -0.15) is 0 Å². The Balaban J connectivity index is 1.23. The normalized spacial score (nSPS) is 12.4. The number of carbonyl (C=O) groups excluding carboxylic acids is 2. The molecule has 3 aromatic carbocycles. The number of anilines is 1. The molecule has 8 heteroatoms. The summed E-state index contributed by atoms with van der Waals surface area (Å²) in [5.74, 6) is 1.41. The second kappa shape index (κ2) is 11.0. The maximum atomic E-state index is 13.0. The molecule has 1 aliphatic heterocycles. The van der Waals surface area contributed by atoms with Crippen molar-refractivity contribution in [2.45, 2.75) is 17.9 Å². The number of rotatable bonds is 9. The van der Waals surface area contributed by atoms with Crippen LogP contribution in [0.15, 0.2) is 77.8 Å². The summed E-state index contributed by atoms with van der Waals surface area (Å²) >= 11 is 1.56. The summed E-state index contributed by atoms with van der Waals surface area (Å²) in [6, 6.07) is 21.4. The summed E-state index contributed by atoms with van der Waals surface area (Å²) in [6.45, 7) is 1.80. The number of nitrogens with zero attached hydrogens (tertiary/aromatic N) is 2. The molecule has 0 unspecified atom stereocenters. The van der Waals surface area contributed by atoms with Crippen molar-refractivity contribution in [3.05, 3.63) is 84.1 Å². The molecule has 0 fully saturated rings. The molecule has 1 N–H and O–H groups in total. The summed E-state index contributed by atoms with van der Waals surface area (Å²) in [5, 5.41) is 4.09. The van der Waals surface area contributed by atoms with Crippen LogP contribution >= 0.6 is 11.8 Å². The molecular weight excluding hydrogens is 486 g/mol. The highest BCUT2D eigenvalue weighted by Gasteiger charge is 2.24. The minimum Gasteiger partial charge on any atom is -0.493 e. The lowest BCUT2D eigenvalue weighted by Crippen LogP contribution is -2.30. The van der Waals surface area contributed by atoms with E-state index >= 15 is 0 Å². The monoisotopic (exact) mass is 515 g/mol. The summed E-state index contributed by atoms with van der Waals surface area (Å²) in [6.07, 6.45) is 2.98. The van der Waals surface area contributed by atoms with E-state index in [1.54, 1.807) is 44.2 Å². The van der Waals surface area contributed by atoms with Gasteiger partial charge in [0.05, 0.1) is 20.0 Å². The largest absolute Gasteiger partial charge is 0.493 e. The van der Waals surface area contributed by atoms with E-state index in [0.717, 1.165) is 34.5 Å². The molecule has 0 saturated heterocycles. The minimum atomic E-state index is -0.177. The van der Waals surface area contributed by atoms with E-state index < -0.39 is 0 Å². The van der Waals surface area contributed by atoms with Crippen LogP contribution in [0.1, 0.15) is 15.9 Å². The standard InChI is InChI=1S/C29H29N3O4S/c1-35-25-12-11-21(17-26(25)36-2)29(34)30-14-16-31-18-27(22-8-4-6-10-24(22)31)37-19-28(33)32-15-13-20-7-3-5-9-23(20)32/h3-12,17-18H,13-16,19H2,1-2H3,(H,30,34). The van der Waals surface area contributed by atoms with Gasteiger partial charge in [0.15, 0.2) is 11.5 Å². The van der Waals surface area contributed by atoms with Crippen LogP contribution in [0.25, 0.3) is 10.9 Å². The summed E-state index contributed by atoms with van der Waals surface area (Å²) in [7, 11) is 3.11. The van der Waals surface area contributed by atoms with Crippen LogP contribution in [-0.2, 0) is 17.8 Å². The number of carbonyl (C=O) groups is 2. The van der Waals surface area contributed by atoms with E-state index in [4.69, 9.17) is 9.47 Å². The summed E-state index contributed by atoms with van der Waals surface area (Å²) < 4.78 is 12.7. The van der Waals surface area contributed by atoms with Gasteiger partial charge in [0.25, 0.3) is 5.91 Å². The number of hydrogen-bond acceptors (Lipinski definition) is 5. The van der Waals surface area contributed by atoms with Gasteiger partial charge in [0.1, 0.15) is 0 Å². The highest BCUT2D eigenvalue weighted by atomic mass is 32.2. The molecule has 5 rings (SSSR count). The molecule has 0 atom stereocenters. The smallest absolute Gasteiger partial charge is 0.251 e. The maximum absolute atomic E-state index is 13.0. The number of hydrogen-bond donors (Lipinski definition) is 1. The number of methoxy groups -OCH3 is 2. The first-order chi connectivity index (χ1) is 18.1. The third kappa shape index (κ3) is 5.15. The van der Waals surface area contributed by atoms with Crippen LogP contribution in [0.3, 0.4) is 0 Å². The van der Waals surface area contributed by atoms with E-state index in [2.05, 4.69) is 34.3 Å². The van der Waals surface area contributed by atoms with Crippen LogP contribution in [0.2, 0.25) is 0 Å². The number of para-hydroxylation sites is 2. The van der Waals surface area contributed by atoms with E-state index in [0.29, 0.717) is 35.9 Å². The van der Waals surface area contributed by atoms with Crippen LogP contribution in [-0.4, -0.2) is 49.4 Å². The quantitative estimate of drug-likeness (QED) is 0.325. The zero-order valence-electron chi connectivity index (χ0n) is 20.9. The Bertz CT molecular complexity index is 1450. The van der Waals surface area contributed by atoms with Gasteiger partial charge in [-0.25, -0.2) is 0 Å². The second-order valence-electron chi connectivity index (χ2n) is 8.74. The number of ether oxygens (including phenoxy) is 2. The van der Waals surface area contributed by atoms with Crippen LogP contribution in [0.4, 0.5) is 5.69 Å². The van der Waals surface area contributed by atoms with Gasteiger partial charge in [-0.1, -0.05) is 36.4 Å². The van der Waals surface area contributed by atoms with Gasteiger partial charge in [0.2, 0.25) is 5.91 Å². The predicted molar refractivity (Wildman–Crippen MR) is 147 cm³/mol. The number of fused-ring (bicyclic) bond motifs is 2. The lowest BCUT2D eigenvalue weighted by Gasteiger charge is -2.16. The predicted octanol–water partition coefficient (Wildman–Crippen LogP) is 4.77. The average Bonchev–Trinajstić information content (AvgIpc) is 3.53. The molecule has 2 heterocycles. The van der Waals surface area contributed by atoms with Crippen LogP contribution in [0, 0.1) is 0 Å². The molecule has 0 bridgehead atoms. The molecule has 1 aromatic heterocycles. The van der Waals surface area contributed by atoms with Crippen molar-refractivity contribution in [2.75, 3.05) is 38.0 Å². The first-order valence-electron chi connectivity index (χ1n) is 12.2. The van der Waals surface area contributed by atoms with Crippen molar-refractivity contribution in [3.8, 4) is 11.5 Å². The summed E-state index contributed by atoms with van der Waals surface area (Å²) in [5.41, 5.74) is 3.84. The second-order valence-corrected chi connectivity index (χ2v) is 9.76. The van der Waals surface area contributed by atoms with Crippen LogP contribution in [0.5, 0.6) is 11.5 Å². The van der Waals surface area contributed by atoms with Crippen LogP contribution < -0.4 is 19.7 Å². The minimum absolute atomic E-state index is 0.119. The maximum Gasteiger partial charge on any atom is 0.251 e. The van der Waals surface area contributed by atoms with Gasteiger partial charge in [-0.05, 0) is 42.3 Å². The fraction of sp³-hybridized carbons (Fsp3) is 0.241. The third-order valence-corrected chi connectivity index (χ3v) is 7.60. The van der Waals surface area contributed by atoms with Crippen molar-refractivity contribution < 1.29 is 19.1 Å². The molecule has 0 radical (unpaired) electrons. The first-order valence-corrected chi connectivity index (χ1v) is 13.2. The Kier molecular flexibility index (Phi) is 7.37. The van der Waals surface area contributed by atoms with E-state index in [-0.39, 0.29) is 11.8 Å². The van der Waals surface area contributed by atoms with Crippen molar-refractivity contribution in [3.63, 3.8) is 0 Å². The molecule has 0 saturated carbocycles. The molecule has 37 heavy (non-hydrogen) atoms. The SMILES string of the molecule is COc1ccc(C(=O)NCCn2cc(SCC(=O)N3CCc4ccccc43)c3ccccc32)cc1OC. The molecular formula is C29H29N3O4S.